The lowest BCUT2D eigenvalue weighted by atomic mass is 9.88. The molecule has 0 fully saturated rings. The summed E-state index contributed by atoms with van der Waals surface area (Å²) in [6.07, 6.45) is 6.09. The molecule has 1 aliphatic carbocycles. The van der Waals surface area contributed by atoms with Crippen molar-refractivity contribution in [3.63, 3.8) is 0 Å². The molecule has 2 atom stereocenters. The number of pyridine rings is 1. The van der Waals surface area contributed by atoms with Gasteiger partial charge in [0.2, 0.25) is 0 Å². The number of halogens is 1. The number of nitrogens with one attached hydrogen (secondary N) is 1. The first-order valence-corrected chi connectivity index (χ1v) is 7.82. The van der Waals surface area contributed by atoms with E-state index in [1.807, 2.05) is 12.1 Å². The SMILES string of the molecule is Cl.OC(CNC1CCc2ccccc2C1)COc1cccnc1. The van der Waals surface area contributed by atoms with E-state index in [1.54, 1.807) is 12.4 Å². The van der Waals surface area contributed by atoms with Crippen LogP contribution in [0.2, 0.25) is 0 Å². The monoisotopic (exact) mass is 334 g/mol. The minimum absolute atomic E-state index is 0. The maximum Gasteiger partial charge on any atom is 0.137 e. The van der Waals surface area contributed by atoms with Crippen molar-refractivity contribution in [3.8, 4) is 5.75 Å². The van der Waals surface area contributed by atoms with Gasteiger partial charge in [-0.3, -0.25) is 4.98 Å². The third-order valence-electron chi connectivity index (χ3n) is 4.07. The third-order valence-corrected chi connectivity index (χ3v) is 4.07. The Morgan fingerprint density at radius 1 is 1.22 bits per heavy atom. The Balaban J connectivity index is 0.00000192. The second-order valence-electron chi connectivity index (χ2n) is 5.77. The first kappa shape index (κ1) is 17.7. The van der Waals surface area contributed by atoms with Crippen LogP contribution in [0.15, 0.2) is 48.8 Å². The Morgan fingerprint density at radius 3 is 2.83 bits per heavy atom. The van der Waals surface area contributed by atoms with Crippen molar-refractivity contribution in [1.29, 1.82) is 0 Å². The number of fused-ring (bicyclic) bond motifs is 1. The molecule has 0 saturated carbocycles. The number of nitrogens with zero attached hydrogens (tertiary/aromatic N) is 1. The molecule has 124 valence electrons. The average Bonchev–Trinajstić information content (AvgIpc) is 2.59. The highest BCUT2D eigenvalue weighted by atomic mass is 35.5. The molecule has 3 rings (SSSR count). The molecule has 0 spiro atoms. The molecule has 0 aliphatic heterocycles. The van der Waals surface area contributed by atoms with E-state index in [4.69, 9.17) is 4.74 Å². The molecule has 0 radical (unpaired) electrons. The molecule has 1 aliphatic rings. The number of aliphatic hydroxyl groups is 1. The second kappa shape index (κ2) is 8.87. The minimum atomic E-state index is -0.516. The summed E-state index contributed by atoms with van der Waals surface area (Å²) in [7, 11) is 0. The summed E-state index contributed by atoms with van der Waals surface area (Å²) in [5.41, 5.74) is 2.88. The highest BCUT2D eigenvalue weighted by molar-refractivity contribution is 5.85. The smallest absolute Gasteiger partial charge is 0.137 e. The minimum Gasteiger partial charge on any atom is -0.489 e. The van der Waals surface area contributed by atoms with E-state index in [9.17, 15) is 5.11 Å². The number of hydrogen-bond acceptors (Lipinski definition) is 4. The number of benzene rings is 1. The zero-order valence-electron chi connectivity index (χ0n) is 13.0. The lowest BCUT2D eigenvalue weighted by Gasteiger charge is -2.26. The van der Waals surface area contributed by atoms with Crippen molar-refractivity contribution >= 4 is 12.4 Å². The maximum atomic E-state index is 10.0. The zero-order valence-corrected chi connectivity index (χ0v) is 13.8. The Kier molecular flexibility index (Phi) is 6.84. The van der Waals surface area contributed by atoms with Crippen molar-refractivity contribution < 1.29 is 9.84 Å². The summed E-state index contributed by atoms with van der Waals surface area (Å²) < 4.78 is 5.51. The van der Waals surface area contributed by atoms with Crippen LogP contribution in [0.25, 0.3) is 0 Å². The van der Waals surface area contributed by atoms with Crippen molar-refractivity contribution in [2.75, 3.05) is 13.2 Å². The van der Waals surface area contributed by atoms with Gasteiger partial charge in [-0.2, -0.15) is 0 Å². The predicted octanol–water partition coefficient (Wildman–Crippen LogP) is 2.39. The molecular formula is C18H23ClN2O2. The van der Waals surface area contributed by atoms with Crippen LogP contribution in [-0.4, -0.2) is 35.4 Å². The molecule has 1 aromatic carbocycles. The van der Waals surface area contributed by atoms with Crippen LogP contribution in [0.3, 0.4) is 0 Å². The van der Waals surface area contributed by atoms with Crippen LogP contribution in [0.5, 0.6) is 5.75 Å². The predicted molar refractivity (Wildman–Crippen MR) is 93.2 cm³/mol. The molecule has 5 heteroatoms. The van der Waals surface area contributed by atoms with Gasteiger partial charge in [-0.1, -0.05) is 24.3 Å². The summed E-state index contributed by atoms with van der Waals surface area (Å²) in [6.45, 7) is 0.828. The normalized spacial score (nSPS) is 17.7. The van der Waals surface area contributed by atoms with Crippen molar-refractivity contribution in [2.45, 2.75) is 31.4 Å². The van der Waals surface area contributed by atoms with E-state index in [0.29, 0.717) is 18.3 Å². The Hall–Kier alpha value is -1.62. The molecule has 0 amide bonds. The number of aromatic nitrogens is 1. The number of aryl methyl sites for hydroxylation is 1. The van der Waals surface area contributed by atoms with Crippen LogP contribution in [0.1, 0.15) is 17.5 Å². The number of aliphatic hydroxyl groups excluding tert-OH is 1. The summed E-state index contributed by atoms with van der Waals surface area (Å²) in [6, 6.07) is 12.7. The van der Waals surface area contributed by atoms with Gasteiger partial charge in [-0.05, 0) is 42.5 Å². The average molecular weight is 335 g/mol. The molecule has 2 aromatic rings. The fourth-order valence-electron chi connectivity index (χ4n) is 2.86. The first-order chi connectivity index (χ1) is 10.8. The maximum absolute atomic E-state index is 10.0. The number of rotatable bonds is 6. The highest BCUT2D eigenvalue weighted by Gasteiger charge is 2.18. The van der Waals surface area contributed by atoms with Gasteiger partial charge in [0.15, 0.2) is 0 Å². The first-order valence-electron chi connectivity index (χ1n) is 7.82. The van der Waals surface area contributed by atoms with Gasteiger partial charge in [0.05, 0.1) is 6.20 Å². The van der Waals surface area contributed by atoms with Crippen LogP contribution in [0.4, 0.5) is 0 Å². The Morgan fingerprint density at radius 2 is 2.04 bits per heavy atom. The lowest BCUT2D eigenvalue weighted by molar-refractivity contribution is 0.103. The topological polar surface area (TPSA) is 54.4 Å². The van der Waals surface area contributed by atoms with Gasteiger partial charge in [0.1, 0.15) is 18.5 Å². The summed E-state index contributed by atoms with van der Waals surface area (Å²) in [5.74, 6) is 0.688. The quantitative estimate of drug-likeness (QED) is 0.851. The fraction of sp³-hybridized carbons (Fsp3) is 0.389. The van der Waals surface area contributed by atoms with Gasteiger partial charge in [-0.15, -0.1) is 12.4 Å². The van der Waals surface area contributed by atoms with Gasteiger partial charge >= 0.3 is 0 Å². The second-order valence-corrected chi connectivity index (χ2v) is 5.77. The summed E-state index contributed by atoms with van der Waals surface area (Å²) in [5, 5.41) is 13.5. The molecule has 2 N–H and O–H groups in total. The van der Waals surface area contributed by atoms with Crippen LogP contribution < -0.4 is 10.1 Å². The molecule has 23 heavy (non-hydrogen) atoms. The van der Waals surface area contributed by atoms with Gasteiger partial charge in [0.25, 0.3) is 0 Å². The van der Waals surface area contributed by atoms with Gasteiger partial charge < -0.3 is 15.2 Å². The zero-order chi connectivity index (χ0) is 15.2. The molecule has 0 saturated heterocycles. The fourth-order valence-corrected chi connectivity index (χ4v) is 2.86. The Labute approximate surface area is 143 Å². The van der Waals surface area contributed by atoms with Gasteiger partial charge in [-0.25, -0.2) is 0 Å². The standard InChI is InChI=1S/C18H22N2O2.ClH/c21-17(13-22-18-6-3-9-19-12-18)11-20-16-8-7-14-4-1-2-5-15(14)10-16;/h1-6,9,12,16-17,20-21H,7-8,10-11,13H2;1H. The van der Waals surface area contributed by atoms with E-state index in [2.05, 4.69) is 34.6 Å². The van der Waals surface area contributed by atoms with E-state index in [-0.39, 0.29) is 19.0 Å². The van der Waals surface area contributed by atoms with Crippen molar-refractivity contribution in [2.24, 2.45) is 0 Å². The largest absolute Gasteiger partial charge is 0.489 e. The van der Waals surface area contributed by atoms with Gasteiger partial charge in [0, 0.05) is 18.8 Å². The number of hydrogen-bond donors (Lipinski definition) is 2. The molecule has 1 heterocycles. The van der Waals surface area contributed by atoms with Crippen molar-refractivity contribution in [3.05, 3.63) is 59.9 Å². The van der Waals surface area contributed by atoms with Crippen LogP contribution in [-0.2, 0) is 12.8 Å². The number of ether oxygens (including phenoxy) is 1. The van der Waals surface area contributed by atoms with Crippen LogP contribution >= 0.6 is 12.4 Å². The molecular weight excluding hydrogens is 312 g/mol. The summed E-state index contributed by atoms with van der Waals surface area (Å²) in [4.78, 5) is 3.98. The highest BCUT2D eigenvalue weighted by Crippen LogP contribution is 2.20. The molecule has 1 aromatic heterocycles. The van der Waals surface area contributed by atoms with E-state index >= 15 is 0 Å². The summed E-state index contributed by atoms with van der Waals surface area (Å²) >= 11 is 0. The van der Waals surface area contributed by atoms with E-state index in [1.165, 1.54) is 11.1 Å². The Bertz CT molecular complexity index is 595. The molecule has 2 unspecified atom stereocenters. The van der Waals surface area contributed by atoms with Crippen LogP contribution in [0, 0.1) is 0 Å². The van der Waals surface area contributed by atoms with Crippen molar-refractivity contribution in [1.82, 2.24) is 10.3 Å². The molecule has 4 nitrogen and oxygen atoms in total. The third kappa shape index (κ3) is 5.20. The lowest BCUT2D eigenvalue weighted by Crippen LogP contribution is -2.40. The van der Waals surface area contributed by atoms with E-state index in [0.717, 1.165) is 19.3 Å². The molecule has 0 bridgehead atoms. The van der Waals surface area contributed by atoms with E-state index < -0.39 is 6.10 Å².